The Morgan fingerprint density at radius 3 is 2.27 bits per heavy atom. The smallest absolute Gasteiger partial charge is 0.316 e. The van der Waals surface area contributed by atoms with Crippen molar-refractivity contribution in [1.82, 2.24) is 0 Å². The third-order valence-electron chi connectivity index (χ3n) is 4.54. The summed E-state index contributed by atoms with van der Waals surface area (Å²) in [6.45, 7) is 6.58. The lowest BCUT2D eigenvalue weighted by Crippen LogP contribution is -2.27. The Bertz CT molecular complexity index is 807. The maximum absolute atomic E-state index is 13.0. The van der Waals surface area contributed by atoms with Gasteiger partial charge in [0.15, 0.2) is 0 Å². The summed E-state index contributed by atoms with van der Waals surface area (Å²) in [5.41, 5.74) is 1.76. The zero-order valence-corrected chi connectivity index (χ0v) is 15.2. The van der Waals surface area contributed by atoms with Crippen molar-refractivity contribution in [1.29, 1.82) is 0 Å². The summed E-state index contributed by atoms with van der Waals surface area (Å²) in [5.74, 6) is -1.02. The van der Waals surface area contributed by atoms with Gasteiger partial charge in [0.2, 0.25) is 5.91 Å². The number of amides is 1. The Labute approximate surface area is 152 Å². The van der Waals surface area contributed by atoms with Gasteiger partial charge in [0.05, 0.1) is 5.92 Å². The minimum absolute atomic E-state index is 0.0239. The fourth-order valence-corrected chi connectivity index (χ4v) is 2.96. The van der Waals surface area contributed by atoms with Crippen molar-refractivity contribution in [2.75, 3.05) is 11.4 Å². The maximum Gasteiger partial charge on any atom is 0.316 e. The molecule has 0 unspecified atom stereocenters. The summed E-state index contributed by atoms with van der Waals surface area (Å²) < 4.78 is 18.5. The summed E-state index contributed by atoms with van der Waals surface area (Å²) in [5, 5.41) is 0. The number of benzene rings is 2. The molecule has 1 atom stereocenters. The number of nitrogens with zero attached hydrogens (tertiary/aromatic N) is 1. The Balaban J connectivity index is 1.65. The van der Waals surface area contributed by atoms with E-state index in [-0.39, 0.29) is 30.1 Å². The third kappa shape index (κ3) is 3.93. The molecule has 2 aromatic carbocycles. The monoisotopic (exact) mass is 355 g/mol. The van der Waals surface area contributed by atoms with Crippen molar-refractivity contribution in [3.05, 3.63) is 59.9 Å². The topological polar surface area (TPSA) is 46.6 Å². The molecule has 1 saturated heterocycles. The number of ether oxygens (including phenoxy) is 1. The number of rotatable bonds is 3. The van der Waals surface area contributed by atoms with Gasteiger partial charge in [-0.15, -0.1) is 0 Å². The highest BCUT2D eigenvalue weighted by Crippen LogP contribution is 2.28. The van der Waals surface area contributed by atoms with Crippen molar-refractivity contribution >= 4 is 17.6 Å². The largest absolute Gasteiger partial charge is 0.426 e. The zero-order valence-electron chi connectivity index (χ0n) is 15.2. The fraction of sp³-hybridized carbons (Fsp3) is 0.333. The van der Waals surface area contributed by atoms with Crippen LogP contribution in [0, 0.1) is 11.7 Å². The average Bonchev–Trinajstić information content (AvgIpc) is 2.97. The van der Waals surface area contributed by atoms with Gasteiger partial charge in [-0.2, -0.15) is 0 Å². The van der Waals surface area contributed by atoms with Gasteiger partial charge in [-0.05, 0) is 47.4 Å². The van der Waals surface area contributed by atoms with Gasteiger partial charge in [-0.25, -0.2) is 4.39 Å². The van der Waals surface area contributed by atoms with E-state index in [9.17, 15) is 14.0 Å². The molecule has 0 N–H and O–H groups in total. The van der Waals surface area contributed by atoms with Crippen molar-refractivity contribution < 1.29 is 18.7 Å². The van der Waals surface area contributed by atoms with Crippen LogP contribution in [0.2, 0.25) is 0 Å². The van der Waals surface area contributed by atoms with Crippen LogP contribution in [0.5, 0.6) is 5.75 Å². The Kier molecular flexibility index (Phi) is 4.81. The van der Waals surface area contributed by atoms with Gasteiger partial charge in [-0.1, -0.05) is 32.9 Å². The lowest BCUT2D eigenvalue weighted by molar-refractivity contribution is -0.139. The summed E-state index contributed by atoms with van der Waals surface area (Å²) >= 11 is 0. The van der Waals surface area contributed by atoms with Gasteiger partial charge in [0, 0.05) is 18.7 Å². The number of hydrogen-bond acceptors (Lipinski definition) is 3. The molecule has 1 fully saturated rings. The highest BCUT2D eigenvalue weighted by atomic mass is 19.1. The van der Waals surface area contributed by atoms with E-state index in [2.05, 4.69) is 20.8 Å². The van der Waals surface area contributed by atoms with E-state index in [1.165, 1.54) is 29.2 Å². The molecule has 1 amide bonds. The number of halogens is 1. The van der Waals surface area contributed by atoms with Crippen molar-refractivity contribution in [2.24, 2.45) is 5.92 Å². The van der Waals surface area contributed by atoms with Crippen LogP contribution in [0.1, 0.15) is 32.8 Å². The second-order valence-corrected chi connectivity index (χ2v) is 7.58. The first-order valence-electron chi connectivity index (χ1n) is 8.62. The van der Waals surface area contributed by atoms with Crippen LogP contribution < -0.4 is 9.64 Å². The van der Waals surface area contributed by atoms with Crippen molar-refractivity contribution in [3.63, 3.8) is 0 Å². The Morgan fingerprint density at radius 2 is 1.69 bits per heavy atom. The third-order valence-corrected chi connectivity index (χ3v) is 4.54. The first-order valence-corrected chi connectivity index (χ1v) is 8.62. The predicted molar refractivity (Wildman–Crippen MR) is 97.6 cm³/mol. The second kappa shape index (κ2) is 6.90. The molecule has 136 valence electrons. The maximum atomic E-state index is 13.0. The number of hydrogen-bond donors (Lipinski definition) is 0. The molecule has 1 heterocycles. The van der Waals surface area contributed by atoms with E-state index >= 15 is 0 Å². The Hall–Kier alpha value is -2.69. The summed E-state index contributed by atoms with van der Waals surface area (Å²) in [4.78, 5) is 26.1. The molecule has 1 aliphatic rings. The van der Waals surface area contributed by atoms with Crippen LogP contribution >= 0.6 is 0 Å². The second-order valence-electron chi connectivity index (χ2n) is 7.58. The highest BCUT2D eigenvalue weighted by Gasteiger charge is 2.36. The first-order chi connectivity index (χ1) is 12.2. The quantitative estimate of drug-likeness (QED) is 0.616. The first kappa shape index (κ1) is 18.1. The molecule has 5 heteroatoms. The lowest BCUT2D eigenvalue weighted by Gasteiger charge is -2.19. The van der Waals surface area contributed by atoms with Gasteiger partial charge >= 0.3 is 5.97 Å². The minimum atomic E-state index is -0.533. The summed E-state index contributed by atoms with van der Waals surface area (Å²) in [6, 6.07) is 13.1. The van der Waals surface area contributed by atoms with E-state index in [1.54, 1.807) is 12.1 Å². The highest BCUT2D eigenvalue weighted by molar-refractivity contribution is 5.99. The van der Waals surface area contributed by atoms with Gasteiger partial charge in [0.1, 0.15) is 11.6 Å². The van der Waals surface area contributed by atoms with Crippen LogP contribution in [0.25, 0.3) is 0 Å². The molecular formula is C21H22FNO3. The molecule has 3 rings (SSSR count). The van der Waals surface area contributed by atoms with Crippen LogP contribution in [0.4, 0.5) is 10.1 Å². The van der Waals surface area contributed by atoms with Crippen LogP contribution in [0.15, 0.2) is 48.5 Å². The summed E-state index contributed by atoms with van der Waals surface area (Å²) in [7, 11) is 0. The van der Waals surface area contributed by atoms with E-state index in [4.69, 9.17) is 4.74 Å². The zero-order chi connectivity index (χ0) is 18.9. The molecule has 4 nitrogen and oxygen atoms in total. The standard InChI is InChI=1S/C21H22FNO3/c1-21(2,3)15-4-10-18(11-5-15)26-20(25)14-12-19(24)23(13-14)17-8-6-16(22)7-9-17/h4-11,14H,12-13H2,1-3H3/t14-/m0/s1. The van der Waals surface area contributed by atoms with E-state index in [1.807, 2.05) is 12.1 Å². The van der Waals surface area contributed by atoms with Gasteiger partial charge in [0.25, 0.3) is 0 Å². The molecule has 26 heavy (non-hydrogen) atoms. The van der Waals surface area contributed by atoms with Crippen molar-refractivity contribution in [3.8, 4) is 5.75 Å². The van der Waals surface area contributed by atoms with E-state index < -0.39 is 11.9 Å². The fourth-order valence-electron chi connectivity index (χ4n) is 2.96. The lowest BCUT2D eigenvalue weighted by atomic mass is 9.87. The molecule has 1 aliphatic heterocycles. The van der Waals surface area contributed by atoms with Gasteiger partial charge < -0.3 is 9.64 Å². The predicted octanol–water partition coefficient (Wildman–Crippen LogP) is 4.08. The number of esters is 1. The number of carbonyl (C=O) groups excluding carboxylic acids is 2. The normalized spacial score (nSPS) is 17.5. The van der Waals surface area contributed by atoms with E-state index in [0.717, 1.165) is 5.56 Å². The summed E-state index contributed by atoms with van der Waals surface area (Å²) in [6.07, 6.45) is 0.0935. The van der Waals surface area contributed by atoms with Crippen LogP contribution in [-0.2, 0) is 15.0 Å². The van der Waals surface area contributed by atoms with Gasteiger partial charge in [-0.3, -0.25) is 9.59 Å². The molecule has 0 aromatic heterocycles. The van der Waals surface area contributed by atoms with Crippen molar-refractivity contribution in [2.45, 2.75) is 32.6 Å². The van der Waals surface area contributed by atoms with Crippen LogP contribution in [0.3, 0.4) is 0 Å². The molecule has 0 bridgehead atoms. The molecule has 2 aromatic rings. The Morgan fingerprint density at radius 1 is 1.08 bits per heavy atom. The molecular weight excluding hydrogens is 333 g/mol. The average molecular weight is 355 g/mol. The SMILES string of the molecule is CC(C)(C)c1ccc(OC(=O)[C@H]2CC(=O)N(c3ccc(F)cc3)C2)cc1. The minimum Gasteiger partial charge on any atom is -0.426 e. The number of carbonyl (C=O) groups is 2. The molecule has 0 aliphatic carbocycles. The molecule has 0 spiro atoms. The molecule has 0 saturated carbocycles. The van der Waals surface area contributed by atoms with Crippen LogP contribution in [-0.4, -0.2) is 18.4 Å². The van der Waals surface area contributed by atoms with E-state index in [0.29, 0.717) is 11.4 Å². The number of anilines is 1. The molecule has 0 radical (unpaired) electrons.